The zero-order chi connectivity index (χ0) is 13.6. The van der Waals surface area contributed by atoms with Crippen LogP contribution in [0.1, 0.15) is 51.4 Å². The number of hydrogen-bond donors (Lipinski definition) is 0. The first-order valence-corrected chi connectivity index (χ1v) is 8.26. The Balaban J connectivity index is 1.74. The third-order valence-corrected chi connectivity index (χ3v) is 4.45. The van der Waals surface area contributed by atoms with Crippen LogP contribution >= 0.6 is 0 Å². The maximum Gasteiger partial charge on any atom is 0.227 e. The largest absolute Gasteiger partial charge is 0.356 e. The summed E-state index contributed by atoms with van der Waals surface area (Å²) in [5.41, 5.74) is 0. The van der Waals surface area contributed by atoms with Crippen LogP contribution in [0.15, 0.2) is 12.3 Å². The van der Waals surface area contributed by atoms with Crippen molar-refractivity contribution in [3.63, 3.8) is 0 Å². The second kappa shape index (κ2) is 6.91. The lowest BCUT2D eigenvalue weighted by molar-refractivity contribution is 0.726. The normalized spacial score (nSPS) is 21.4. The van der Waals surface area contributed by atoms with E-state index in [4.69, 9.17) is 4.98 Å². The standard InChI is InChI=1S/C16H26N4/c1-2-6-12-19(11-5-1)15-9-10-17-16(18-15)20-13-7-3-4-8-14-20/h9-10H,1-8,11-14H2. The van der Waals surface area contributed by atoms with Crippen molar-refractivity contribution < 1.29 is 0 Å². The van der Waals surface area contributed by atoms with Gasteiger partial charge in [-0.25, -0.2) is 4.98 Å². The zero-order valence-electron chi connectivity index (χ0n) is 12.4. The number of nitrogens with zero attached hydrogens (tertiary/aromatic N) is 4. The van der Waals surface area contributed by atoms with E-state index in [0.717, 1.165) is 37.9 Å². The van der Waals surface area contributed by atoms with Crippen molar-refractivity contribution >= 4 is 11.8 Å². The van der Waals surface area contributed by atoms with Gasteiger partial charge < -0.3 is 9.80 Å². The van der Waals surface area contributed by atoms with E-state index >= 15 is 0 Å². The summed E-state index contributed by atoms with van der Waals surface area (Å²) in [7, 11) is 0. The molecule has 0 bridgehead atoms. The molecule has 2 fully saturated rings. The molecule has 3 heterocycles. The summed E-state index contributed by atoms with van der Waals surface area (Å²) in [5.74, 6) is 2.06. The average Bonchev–Trinajstić information content (AvgIpc) is 2.92. The van der Waals surface area contributed by atoms with Crippen LogP contribution < -0.4 is 9.80 Å². The SMILES string of the molecule is c1cc(N2CCCCCC2)nc(N2CCCCCC2)n1. The van der Waals surface area contributed by atoms with Crippen LogP contribution in [0, 0.1) is 0 Å². The van der Waals surface area contributed by atoms with Crippen LogP contribution in [0.2, 0.25) is 0 Å². The van der Waals surface area contributed by atoms with E-state index in [1.54, 1.807) is 0 Å². The number of anilines is 2. The summed E-state index contributed by atoms with van der Waals surface area (Å²) >= 11 is 0. The minimum Gasteiger partial charge on any atom is -0.356 e. The first-order valence-electron chi connectivity index (χ1n) is 8.26. The Kier molecular flexibility index (Phi) is 4.72. The number of aromatic nitrogens is 2. The monoisotopic (exact) mass is 274 g/mol. The summed E-state index contributed by atoms with van der Waals surface area (Å²) in [6.07, 6.45) is 12.5. The maximum atomic E-state index is 4.84. The zero-order valence-corrected chi connectivity index (χ0v) is 12.4. The van der Waals surface area contributed by atoms with Crippen molar-refractivity contribution in [2.75, 3.05) is 36.0 Å². The summed E-state index contributed by atoms with van der Waals surface area (Å²) in [5, 5.41) is 0. The van der Waals surface area contributed by atoms with E-state index in [-0.39, 0.29) is 0 Å². The summed E-state index contributed by atoms with van der Waals surface area (Å²) < 4.78 is 0. The van der Waals surface area contributed by atoms with Gasteiger partial charge in [-0.2, -0.15) is 4.98 Å². The molecule has 0 atom stereocenters. The summed E-state index contributed by atoms with van der Waals surface area (Å²) in [6.45, 7) is 4.53. The Hall–Kier alpha value is -1.32. The fourth-order valence-electron chi connectivity index (χ4n) is 3.24. The molecule has 20 heavy (non-hydrogen) atoms. The van der Waals surface area contributed by atoms with Crippen LogP contribution in [0.3, 0.4) is 0 Å². The molecule has 2 saturated heterocycles. The van der Waals surface area contributed by atoms with E-state index < -0.39 is 0 Å². The first-order chi connectivity index (χ1) is 9.93. The smallest absolute Gasteiger partial charge is 0.227 e. The highest BCUT2D eigenvalue weighted by atomic mass is 15.3. The maximum absolute atomic E-state index is 4.84. The molecule has 4 heteroatoms. The lowest BCUT2D eigenvalue weighted by Gasteiger charge is -2.24. The fraction of sp³-hybridized carbons (Fsp3) is 0.750. The second-order valence-corrected chi connectivity index (χ2v) is 6.02. The first kappa shape index (κ1) is 13.7. The molecule has 2 aliphatic heterocycles. The fourth-order valence-corrected chi connectivity index (χ4v) is 3.24. The van der Waals surface area contributed by atoms with Gasteiger partial charge in [-0.05, 0) is 31.7 Å². The van der Waals surface area contributed by atoms with Gasteiger partial charge in [-0.1, -0.05) is 25.7 Å². The van der Waals surface area contributed by atoms with Crippen molar-refractivity contribution in [2.45, 2.75) is 51.4 Å². The third kappa shape index (κ3) is 3.41. The van der Waals surface area contributed by atoms with Gasteiger partial charge in [-0.3, -0.25) is 0 Å². The van der Waals surface area contributed by atoms with Crippen molar-refractivity contribution in [3.05, 3.63) is 12.3 Å². The predicted molar refractivity (Wildman–Crippen MR) is 83.4 cm³/mol. The second-order valence-electron chi connectivity index (χ2n) is 6.02. The molecule has 1 aromatic heterocycles. The van der Waals surface area contributed by atoms with Crippen LogP contribution in [0.25, 0.3) is 0 Å². The van der Waals surface area contributed by atoms with E-state index in [0.29, 0.717) is 0 Å². The van der Waals surface area contributed by atoms with Gasteiger partial charge in [0.15, 0.2) is 0 Å². The van der Waals surface area contributed by atoms with E-state index in [9.17, 15) is 0 Å². The Morgan fingerprint density at radius 3 is 1.85 bits per heavy atom. The molecule has 0 aromatic carbocycles. The van der Waals surface area contributed by atoms with Gasteiger partial charge in [0.05, 0.1) is 0 Å². The molecule has 0 aliphatic carbocycles. The van der Waals surface area contributed by atoms with E-state index in [1.807, 2.05) is 6.20 Å². The van der Waals surface area contributed by atoms with Gasteiger partial charge in [0, 0.05) is 32.4 Å². The molecular weight excluding hydrogens is 248 g/mol. The number of hydrogen-bond acceptors (Lipinski definition) is 4. The van der Waals surface area contributed by atoms with Gasteiger partial charge in [-0.15, -0.1) is 0 Å². The van der Waals surface area contributed by atoms with Gasteiger partial charge in [0.2, 0.25) is 5.95 Å². The van der Waals surface area contributed by atoms with Crippen molar-refractivity contribution in [2.24, 2.45) is 0 Å². The average molecular weight is 274 g/mol. The molecule has 4 nitrogen and oxygen atoms in total. The van der Waals surface area contributed by atoms with Gasteiger partial charge in [0.1, 0.15) is 5.82 Å². The topological polar surface area (TPSA) is 32.3 Å². The van der Waals surface area contributed by atoms with Crippen LogP contribution in [0.4, 0.5) is 11.8 Å². The third-order valence-electron chi connectivity index (χ3n) is 4.45. The molecule has 0 N–H and O–H groups in total. The minimum atomic E-state index is 0.939. The Labute approximate surface area is 122 Å². The predicted octanol–water partition coefficient (Wildman–Crippen LogP) is 3.24. The highest BCUT2D eigenvalue weighted by molar-refractivity contribution is 5.43. The highest BCUT2D eigenvalue weighted by Gasteiger charge is 2.15. The summed E-state index contributed by atoms with van der Waals surface area (Å²) in [4.78, 5) is 14.2. The van der Waals surface area contributed by atoms with E-state index in [1.165, 1.54) is 51.4 Å². The molecule has 0 radical (unpaired) electrons. The van der Waals surface area contributed by atoms with Crippen LogP contribution in [0.5, 0.6) is 0 Å². The van der Waals surface area contributed by atoms with Gasteiger partial charge in [0.25, 0.3) is 0 Å². The van der Waals surface area contributed by atoms with Crippen LogP contribution in [-0.2, 0) is 0 Å². The highest BCUT2D eigenvalue weighted by Crippen LogP contribution is 2.21. The Morgan fingerprint density at radius 1 is 0.700 bits per heavy atom. The molecule has 0 unspecified atom stereocenters. The Bertz CT molecular complexity index is 369. The van der Waals surface area contributed by atoms with Crippen molar-refractivity contribution in [3.8, 4) is 0 Å². The lowest BCUT2D eigenvalue weighted by Crippen LogP contribution is -2.29. The molecule has 0 spiro atoms. The Morgan fingerprint density at radius 2 is 1.25 bits per heavy atom. The van der Waals surface area contributed by atoms with Crippen molar-refractivity contribution in [1.29, 1.82) is 0 Å². The molecule has 0 amide bonds. The minimum absolute atomic E-state index is 0.939. The van der Waals surface area contributed by atoms with Crippen LogP contribution in [-0.4, -0.2) is 36.1 Å². The van der Waals surface area contributed by atoms with Gasteiger partial charge >= 0.3 is 0 Å². The molecule has 1 aromatic rings. The quantitative estimate of drug-likeness (QED) is 0.829. The van der Waals surface area contributed by atoms with Crippen molar-refractivity contribution in [1.82, 2.24) is 9.97 Å². The lowest BCUT2D eigenvalue weighted by atomic mass is 10.2. The number of rotatable bonds is 2. The molecule has 110 valence electrons. The molecule has 0 saturated carbocycles. The summed E-state index contributed by atoms with van der Waals surface area (Å²) in [6, 6.07) is 2.08. The molecule has 2 aliphatic rings. The molecular formula is C16H26N4. The molecule has 3 rings (SSSR count). The van der Waals surface area contributed by atoms with E-state index in [2.05, 4.69) is 20.9 Å².